The van der Waals surface area contributed by atoms with Gasteiger partial charge in [0.1, 0.15) is 17.0 Å². The van der Waals surface area contributed by atoms with Crippen LogP contribution in [-0.2, 0) is 13.0 Å². The number of nitrogens with zero attached hydrogens (tertiary/aromatic N) is 2. The molecule has 144 valence electrons. The van der Waals surface area contributed by atoms with Crippen LogP contribution in [0, 0.1) is 12.8 Å². The first-order valence-electron chi connectivity index (χ1n) is 9.65. The Morgan fingerprint density at radius 3 is 2.57 bits per heavy atom. The summed E-state index contributed by atoms with van der Waals surface area (Å²) in [5.74, 6) is 0.992. The van der Waals surface area contributed by atoms with Gasteiger partial charge in [-0.1, -0.05) is 59.8 Å². The van der Waals surface area contributed by atoms with Crippen LogP contribution < -0.4 is 0 Å². The van der Waals surface area contributed by atoms with E-state index in [1.54, 1.807) is 6.92 Å². The van der Waals surface area contributed by atoms with Crippen LogP contribution >= 0.6 is 0 Å². The highest BCUT2D eigenvalue weighted by molar-refractivity contribution is 6.00. The fourth-order valence-corrected chi connectivity index (χ4v) is 3.87. The minimum atomic E-state index is -0.00395. The summed E-state index contributed by atoms with van der Waals surface area (Å²) in [6.07, 6.45) is 1.92. The van der Waals surface area contributed by atoms with E-state index in [9.17, 15) is 4.79 Å². The third-order valence-corrected chi connectivity index (χ3v) is 5.43. The Morgan fingerprint density at radius 2 is 1.86 bits per heavy atom. The van der Waals surface area contributed by atoms with E-state index in [-0.39, 0.29) is 12.5 Å². The van der Waals surface area contributed by atoms with Gasteiger partial charge in [-0.15, -0.1) is 0 Å². The summed E-state index contributed by atoms with van der Waals surface area (Å²) in [7, 11) is 0. The molecule has 2 heterocycles. The maximum absolute atomic E-state index is 13.2. The average molecular weight is 376 g/mol. The number of aryl methyl sites for hydroxylation is 1. The molecule has 3 aromatic rings. The molecule has 2 aromatic carbocycles. The van der Waals surface area contributed by atoms with E-state index in [1.807, 2.05) is 47.4 Å². The summed E-state index contributed by atoms with van der Waals surface area (Å²) in [6, 6.07) is 17.7. The molecule has 0 radical (unpaired) electrons. The summed E-state index contributed by atoms with van der Waals surface area (Å²) < 4.78 is 5.36. The standard InChI is InChI=1S/C23H24N2O3/c1-16-21(22(24-28-16)20-5-3-2-4-6-20)23(27)25-12-11-19(14-25)13-17-7-9-18(15-26)10-8-17/h2-10,19,26H,11-15H2,1H3/t19-/m1/s1. The van der Waals surface area contributed by atoms with Crippen LogP contribution in [0.1, 0.15) is 33.7 Å². The maximum Gasteiger partial charge on any atom is 0.259 e. The molecule has 1 saturated heterocycles. The smallest absolute Gasteiger partial charge is 0.259 e. The van der Waals surface area contributed by atoms with Crippen LogP contribution in [0.2, 0.25) is 0 Å². The molecule has 0 spiro atoms. The second-order valence-electron chi connectivity index (χ2n) is 7.41. The largest absolute Gasteiger partial charge is 0.392 e. The Labute approximate surface area is 164 Å². The number of amides is 1. The molecule has 1 N–H and O–H groups in total. The zero-order chi connectivity index (χ0) is 19.5. The van der Waals surface area contributed by atoms with Gasteiger partial charge in [0, 0.05) is 18.7 Å². The van der Waals surface area contributed by atoms with E-state index in [0.717, 1.165) is 37.1 Å². The molecular formula is C23H24N2O3. The number of aromatic nitrogens is 1. The van der Waals surface area contributed by atoms with E-state index in [2.05, 4.69) is 17.3 Å². The topological polar surface area (TPSA) is 66.6 Å². The van der Waals surface area contributed by atoms with E-state index < -0.39 is 0 Å². The summed E-state index contributed by atoms with van der Waals surface area (Å²) >= 11 is 0. The first-order valence-corrected chi connectivity index (χ1v) is 9.65. The van der Waals surface area contributed by atoms with Gasteiger partial charge >= 0.3 is 0 Å². The maximum atomic E-state index is 13.2. The number of benzene rings is 2. The SMILES string of the molecule is Cc1onc(-c2ccccc2)c1C(=O)N1CC[C@H](Cc2ccc(CO)cc2)C1. The van der Waals surface area contributed by atoms with Crippen LogP contribution in [0.15, 0.2) is 59.1 Å². The van der Waals surface area contributed by atoms with Gasteiger partial charge in [0.25, 0.3) is 5.91 Å². The first-order chi connectivity index (χ1) is 13.7. The Morgan fingerprint density at radius 1 is 1.14 bits per heavy atom. The molecule has 4 rings (SSSR count). The van der Waals surface area contributed by atoms with Crippen LogP contribution in [0.3, 0.4) is 0 Å². The number of aliphatic hydroxyl groups excluding tert-OH is 1. The molecule has 0 saturated carbocycles. The number of hydrogen-bond donors (Lipinski definition) is 1. The van der Waals surface area contributed by atoms with Gasteiger partial charge in [-0.05, 0) is 36.8 Å². The van der Waals surface area contributed by atoms with Crippen molar-refractivity contribution in [2.45, 2.75) is 26.4 Å². The molecule has 1 amide bonds. The highest BCUT2D eigenvalue weighted by atomic mass is 16.5. The lowest BCUT2D eigenvalue weighted by molar-refractivity contribution is 0.0786. The molecule has 1 aliphatic rings. The Kier molecular flexibility index (Phi) is 5.26. The summed E-state index contributed by atoms with van der Waals surface area (Å²) in [5.41, 5.74) is 4.23. The van der Waals surface area contributed by atoms with E-state index in [4.69, 9.17) is 9.63 Å². The molecule has 5 nitrogen and oxygen atoms in total. The predicted octanol–water partition coefficient (Wildman–Crippen LogP) is 3.85. The van der Waals surface area contributed by atoms with Crippen molar-refractivity contribution in [2.75, 3.05) is 13.1 Å². The fraction of sp³-hybridized carbons (Fsp3) is 0.304. The number of hydrogen-bond acceptors (Lipinski definition) is 4. The summed E-state index contributed by atoms with van der Waals surface area (Å²) in [6.45, 7) is 3.34. The second kappa shape index (κ2) is 7.98. The Balaban J connectivity index is 1.47. The molecule has 0 aliphatic carbocycles. The van der Waals surface area contributed by atoms with Gasteiger partial charge in [0.15, 0.2) is 0 Å². The van der Waals surface area contributed by atoms with Crippen molar-refractivity contribution in [1.29, 1.82) is 0 Å². The zero-order valence-corrected chi connectivity index (χ0v) is 16.0. The van der Waals surface area contributed by atoms with Gasteiger partial charge < -0.3 is 14.5 Å². The minimum absolute atomic E-state index is 0.00395. The molecule has 5 heteroatoms. The number of carbonyl (C=O) groups is 1. The van der Waals surface area contributed by atoms with Gasteiger partial charge in [-0.25, -0.2) is 0 Å². The Bertz CT molecular complexity index is 948. The summed E-state index contributed by atoms with van der Waals surface area (Å²) in [5, 5.41) is 13.3. The molecule has 0 unspecified atom stereocenters. The van der Waals surface area contributed by atoms with Gasteiger partial charge in [-0.3, -0.25) is 4.79 Å². The monoisotopic (exact) mass is 376 g/mol. The van der Waals surface area contributed by atoms with E-state index >= 15 is 0 Å². The molecule has 1 aliphatic heterocycles. The number of aliphatic hydroxyl groups is 1. The molecule has 28 heavy (non-hydrogen) atoms. The van der Waals surface area contributed by atoms with Crippen molar-refractivity contribution in [3.05, 3.63) is 77.0 Å². The van der Waals surface area contributed by atoms with E-state index in [0.29, 0.717) is 22.9 Å². The molecule has 1 aromatic heterocycles. The lowest BCUT2D eigenvalue weighted by Crippen LogP contribution is -2.29. The van der Waals surface area contributed by atoms with Crippen molar-refractivity contribution in [3.63, 3.8) is 0 Å². The molecule has 1 fully saturated rings. The quantitative estimate of drug-likeness (QED) is 0.735. The molecule has 1 atom stereocenters. The third-order valence-electron chi connectivity index (χ3n) is 5.43. The van der Waals surface area contributed by atoms with Crippen LogP contribution in [0.5, 0.6) is 0 Å². The lowest BCUT2D eigenvalue weighted by Gasteiger charge is -2.17. The average Bonchev–Trinajstić information content (AvgIpc) is 3.35. The van der Waals surface area contributed by atoms with Crippen LogP contribution in [0.25, 0.3) is 11.3 Å². The van der Waals surface area contributed by atoms with Crippen molar-refractivity contribution in [1.82, 2.24) is 10.1 Å². The van der Waals surface area contributed by atoms with E-state index in [1.165, 1.54) is 5.56 Å². The highest BCUT2D eigenvalue weighted by Gasteiger charge is 2.31. The van der Waals surface area contributed by atoms with Gasteiger partial charge in [0.05, 0.1) is 6.61 Å². The van der Waals surface area contributed by atoms with Crippen molar-refractivity contribution < 1.29 is 14.4 Å². The lowest BCUT2D eigenvalue weighted by atomic mass is 9.98. The second-order valence-corrected chi connectivity index (χ2v) is 7.41. The predicted molar refractivity (Wildman–Crippen MR) is 107 cm³/mol. The van der Waals surface area contributed by atoms with Crippen molar-refractivity contribution >= 4 is 5.91 Å². The number of rotatable bonds is 5. The first kappa shape index (κ1) is 18.4. The van der Waals surface area contributed by atoms with Gasteiger partial charge in [0.2, 0.25) is 0 Å². The number of carbonyl (C=O) groups excluding carboxylic acids is 1. The summed E-state index contributed by atoms with van der Waals surface area (Å²) in [4.78, 5) is 15.1. The number of likely N-dealkylation sites (tertiary alicyclic amines) is 1. The van der Waals surface area contributed by atoms with Gasteiger partial charge in [-0.2, -0.15) is 0 Å². The van der Waals surface area contributed by atoms with Crippen LogP contribution in [0.4, 0.5) is 0 Å². The van der Waals surface area contributed by atoms with Crippen LogP contribution in [-0.4, -0.2) is 34.2 Å². The minimum Gasteiger partial charge on any atom is -0.392 e. The zero-order valence-electron chi connectivity index (χ0n) is 16.0. The van der Waals surface area contributed by atoms with Crippen molar-refractivity contribution in [3.8, 4) is 11.3 Å². The fourth-order valence-electron chi connectivity index (χ4n) is 3.87. The highest BCUT2D eigenvalue weighted by Crippen LogP contribution is 2.29. The third kappa shape index (κ3) is 3.71. The van der Waals surface area contributed by atoms with Crippen molar-refractivity contribution in [2.24, 2.45) is 5.92 Å². The Hall–Kier alpha value is -2.92. The normalized spacial score (nSPS) is 16.5. The molecular weight excluding hydrogens is 352 g/mol. The molecule has 0 bridgehead atoms.